The first kappa shape index (κ1) is 7.97. The van der Waals surface area contributed by atoms with E-state index in [2.05, 4.69) is 15.2 Å². The van der Waals surface area contributed by atoms with Gasteiger partial charge in [0.2, 0.25) is 0 Å². The van der Waals surface area contributed by atoms with Crippen LogP contribution in [0.4, 0.5) is 0 Å². The van der Waals surface area contributed by atoms with Gasteiger partial charge in [0, 0.05) is 11.3 Å². The molecular weight excluding hydrogens is 168 g/mol. The molecule has 0 spiro atoms. The highest BCUT2D eigenvalue weighted by molar-refractivity contribution is 5.47. The SMILES string of the molecule is Cc1nc(C)n2c(=O)[nH]nc2c1C. The van der Waals surface area contributed by atoms with Gasteiger partial charge in [-0.1, -0.05) is 0 Å². The molecule has 0 unspecified atom stereocenters. The molecule has 0 aliphatic rings. The van der Waals surface area contributed by atoms with Crippen molar-refractivity contribution >= 4 is 5.65 Å². The molecule has 2 aromatic heterocycles. The Bertz CT molecular complexity index is 523. The summed E-state index contributed by atoms with van der Waals surface area (Å²) in [4.78, 5) is 15.5. The third-order valence-electron chi connectivity index (χ3n) is 2.20. The van der Waals surface area contributed by atoms with Gasteiger partial charge in [0.1, 0.15) is 5.82 Å². The molecule has 0 saturated carbocycles. The van der Waals surface area contributed by atoms with Gasteiger partial charge < -0.3 is 0 Å². The number of aromatic amines is 1. The first-order valence-electron chi connectivity index (χ1n) is 4.02. The van der Waals surface area contributed by atoms with E-state index in [1.54, 1.807) is 6.92 Å². The molecule has 5 nitrogen and oxygen atoms in total. The van der Waals surface area contributed by atoms with Crippen LogP contribution in [0, 0.1) is 20.8 Å². The molecule has 0 aliphatic heterocycles. The fourth-order valence-electron chi connectivity index (χ4n) is 1.39. The zero-order valence-corrected chi connectivity index (χ0v) is 7.75. The molecule has 2 aromatic rings. The number of fused-ring (bicyclic) bond motifs is 1. The van der Waals surface area contributed by atoms with Crippen molar-refractivity contribution in [2.75, 3.05) is 0 Å². The van der Waals surface area contributed by atoms with Gasteiger partial charge in [-0.15, -0.1) is 0 Å². The lowest BCUT2D eigenvalue weighted by atomic mass is 10.2. The Morgan fingerprint density at radius 2 is 2.00 bits per heavy atom. The fraction of sp³-hybridized carbons (Fsp3) is 0.375. The van der Waals surface area contributed by atoms with Crippen LogP contribution in [0.2, 0.25) is 0 Å². The van der Waals surface area contributed by atoms with E-state index in [4.69, 9.17) is 0 Å². The lowest BCUT2D eigenvalue weighted by molar-refractivity contribution is 0.910. The van der Waals surface area contributed by atoms with Crippen LogP contribution in [0.3, 0.4) is 0 Å². The summed E-state index contributed by atoms with van der Waals surface area (Å²) in [7, 11) is 0. The highest BCUT2D eigenvalue weighted by Gasteiger charge is 2.08. The van der Waals surface area contributed by atoms with Crippen LogP contribution in [-0.2, 0) is 0 Å². The molecule has 0 aromatic carbocycles. The standard InChI is InChI=1S/C8H10N4O/c1-4-5(2)9-6(3)12-7(4)10-11-8(12)13/h1-3H3,(H,11,13). The van der Waals surface area contributed by atoms with Gasteiger partial charge in [-0.05, 0) is 20.8 Å². The number of nitrogens with one attached hydrogen (secondary N) is 1. The number of H-pyrrole nitrogens is 1. The Balaban J connectivity index is 3.08. The number of aryl methyl sites for hydroxylation is 3. The molecule has 5 heteroatoms. The average Bonchev–Trinajstić information content (AvgIpc) is 2.44. The van der Waals surface area contributed by atoms with Crippen molar-refractivity contribution in [1.82, 2.24) is 19.6 Å². The van der Waals surface area contributed by atoms with Gasteiger partial charge in [0.15, 0.2) is 5.65 Å². The Labute approximate surface area is 74.4 Å². The Hall–Kier alpha value is -1.65. The quantitative estimate of drug-likeness (QED) is 0.632. The highest BCUT2D eigenvalue weighted by Crippen LogP contribution is 2.09. The number of rotatable bonds is 0. The van der Waals surface area contributed by atoms with E-state index in [1.807, 2.05) is 13.8 Å². The summed E-state index contributed by atoms with van der Waals surface area (Å²) >= 11 is 0. The number of hydrogen-bond acceptors (Lipinski definition) is 3. The second kappa shape index (κ2) is 2.42. The van der Waals surface area contributed by atoms with E-state index in [0.717, 1.165) is 11.3 Å². The Morgan fingerprint density at radius 3 is 2.69 bits per heavy atom. The molecule has 0 aliphatic carbocycles. The van der Waals surface area contributed by atoms with Crippen LogP contribution in [0.25, 0.3) is 5.65 Å². The second-order valence-corrected chi connectivity index (χ2v) is 3.06. The van der Waals surface area contributed by atoms with Crippen molar-refractivity contribution in [2.45, 2.75) is 20.8 Å². The van der Waals surface area contributed by atoms with E-state index in [1.165, 1.54) is 4.40 Å². The predicted octanol–water partition coefficient (Wildman–Crippen LogP) is 0.343. The maximum absolute atomic E-state index is 11.3. The second-order valence-electron chi connectivity index (χ2n) is 3.06. The zero-order chi connectivity index (χ0) is 9.59. The molecule has 0 amide bonds. The summed E-state index contributed by atoms with van der Waals surface area (Å²) in [5.74, 6) is 0.664. The van der Waals surface area contributed by atoms with Crippen LogP contribution in [-0.4, -0.2) is 19.6 Å². The minimum atomic E-state index is -0.233. The van der Waals surface area contributed by atoms with Crippen LogP contribution < -0.4 is 5.69 Å². The van der Waals surface area contributed by atoms with Crippen molar-refractivity contribution in [1.29, 1.82) is 0 Å². The average molecular weight is 178 g/mol. The van der Waals surface area contributed by atoms with Gasteiger partial charge in [-0.3, -0.25) is 0 Å². The van der Waals surface area contributed by atoms with Gasteiger partial charge in [0.25, 0.3) is 0 Å². The molecule has 13 heavy (non-hydrogen) atoms. The lowest BCUT2D eigenvalue weighted by Gasteiger charge is -2.02. The van der Waals surface area contributed by atoms with Crippen LogP contribution in [0.1, 0.15) is 17.1 Å². The molecule has 0 radical (unpaired) electrons. The van der Waals surface area contributed by atoms with Crippen molar-refractivity contribution in [3.05, 3.63) is 27.6 Å². The van der Waals surface area contributed by atoms with Gasteiger partial charge in [0.05, 0.1) is 0 Å². The van der Waals surface area contributed by atoms with Crippen molar-refractivity contribution in [2.24, 2.45) is 0 Å². The monoisotopic (exact) mass is 178 g/mol. The van der Waals surface area contributed by atoms with E-state index >= 15 is 0 Å². The summed E-state index contributed by atoms with van der Waals surface area (Å²) in [6, 6.07) is 0. The van der Waals surface area contributed by atoms with Crippen molar-refractivity contribution < 1.29 is 0 Å². The van der Waals surface area contributed by atoms with E-state index < -0.39 is 0 Å². The molecule has 0 atom stereocenters. The largest absolute Gasteiger partial charge is 0.349 e. The summed E-state index contributed by atoms with van der Waals surface area (Å²) < 4.78 is 1.47. The maximum atomic E-state index is 11.3. The lowest BCUT2D eigenvalue weighted by Crippen LogP contribution is -2.14. The molecule has 0 bridgehead atoms. The maximum Gasteiger partial charge on any atom is 0.349 e. The fourth-order valence-corrected chi connectivity index (χ4v) is 1.39. The summed E-state index contributed by atoms with van der Waals surface area (Å²) in [5.41, 5.74) is 2.27. The summed E-state index contributed by atoms with van der Waals surface area (Å²) in [5, 5.41) is 6.33. The number of nitrogens with zero attached hydrogens (tertiary/aromatic N) is 3. The van der Waals surface area contributed by atoms with Crippen molar-refractivity contribution in [3.8, 4) is 0 Å². The van der Waals surface area contributed by atoms with Crippen LogP contribution >= 0.6 is 0 Å². The molecular formula is C8H10N4O. The molecule has 0 saturated heterocycles. The third kappa shape index (κ3) is 0.965. The predicted molar refractivity (Wildman–Crippen MR) is 47.8 cm³/mol. The number of hydrogen-bond donors (Lipinski definition) is 1. The van der Waals surface area contributed by atoms with E-state index in [0.29, 0.717) is 11.5 Å². The molecule has 68 valence electrons. The normalized spacial score (nSPS) is 11.0. The minimum absolute atomic E-state index is 0.233. The van der Waals surface area contributed by atoms with Crippen molar-refractivity contribution in [3.63, 3.8) is 0 Å². The molecule has 1 N–H and O–H groups in total. The van der Waals surface area contributed by atoms with E-state index in [-0.39, 0.29) is 5.69 Å². The van der Waals surface area contributed by atoms with Gasteiger partial charge in [-0.2, -0.15) is 5.10 Å². The Morgan fingerprint density at radius 1 is 1.31 bits per heavy atom. The minimum Gasteiger partial charge on any atom is -0.246 e. The van der Waals surface area contributed by atoms with Gasteiger partial charge in [-0.25, -0.2) is 19.3 Å². The van der Waals surface area contributed by atoms with Gasteiger partial charge >= 0.3 is 5.69 Å². The molecule has 0 fully saturated rings. The van der Waals surface area contributed by atoms with Crippen LogP contribution in [0.5, 0.6) is 0 Å². The third-order valence-corrected chi connectivity index (χ3v) is 2.20. The van der Waals surface area contributed by atoms with Crippen LogP contribution in [0.15, 0.2) is 4.79 Å². The van der Waals surface area contributed by atoms with E-state index in [9.17, 15) is 4.79 Å². The Kier molecular flexibility index (Phi) is 1.48. The summed E-state index contributed by atoms with van der Waals surface area (Å²) in [6.07, 6.45) is 0. The first-order valence-corrected chi connectivity index (χ1v) is 4.02. The smallest absolute Gasteiger partial charge is 0.246 e. The zero-order valence-electron chi connectivity index (χ0n) is 7.75. The summed E-state index contributed by atoms with van der Waals surface area (Å²) in [6.45, 7) is 5.59. The first-order chi connectivity index (χ1) is 6.11. The highest BCUT2D eigenvalue weighted by atomic mass is 16.1. The molecule has 2 rings (SSSR count). The molecule has 2 heterocycles. The topological polar surface area (TPSA) is 63.1 Å². The number of aromatic nitrogens is 4.